The minimum atomic E-state index is -0.126. The van der Waals surface area contributed by atoms with Crippen LogP contribution in [0.1, 0.15) is 42.3 Å². The van der Waals surface area contributed by atoms with Crippen molar-refractivity contribution in [3.8, 4) is 0 Å². The van der Waals surface area contributed by atoms with Gasteiger partial charge in [0.2, 0.25) is 0 Å². The largest absolute Gasteiger partial charge is 0.321 e. The zero-order chi connectivity index (χ0) is 18.2. The Bertz CT molecular complexity index is 958. The Hall–Kier alpha value is -2.39. The minimum absolute atomic E-state index is 0.0547. The summed E-state index contributed by atoms with van der Waals surface area (Å²) in [5.41, 5.74) is 3.63. The molecule has 3 nitrogen and oxygen atoms in total. The molecule has 0 aliphatic carbocycles. The molecule has 1 N–H and O–H groups in total. The number of nitrogens with zero attached hydrogens (tertiary/aromatic N) is 1. The number of carbonyl (C=O) groups is 1. The van der Waals surface area contributed by atoms with Gasteiger partial charge < -0.3 is 5.32 Å². The quantitative estimate of drug-likeness (QED) is 0.597. The number of hydrogen-bond acceptors (Lipinski definition) is 2. The zero-order valence-electron chi connectivity index (χ0n) is 14.9. The van der Waals surface area contributed by atoms with E-state index in [0.29, 0.717) is 10.7 Å². The number of aromatic nitrogens is 1. The summed E-state index contributed by atoms with van der Waals surface area (Å²) >= 11 is 6.14. The summed E-state index contributed by atoms with van der Waals surface area (Å²) in [6.45, 7) is 8.45. The molecule has 3 rings (SSSR count). The standard InChI is InChI=1S/C21H21ClN2O/c1-13-12-14(21(2,3)4)8-9-15(13)20(25)24-18-7-5-6-17-16(18)10-11-23-19(17)22/h5-12H,1-4H3,(H,24,25). The van der Waals surface area contributed by atoms with Crippen molar-refractivity contribution >= 4 is 34.0 Å². The molecular formula is C21H21ClN2O. The van der Waals surface area contributed by atoms with Gasteiger partial charge in [-0.15, -0.1) is 0 Å². The molecule has 1 heterocycles. The summed E-state index contributed by atoms with van der Waals surface area (Å²) in [6, 6.07) is 13.5. The van der Waals surface area contributed by atoms with E-state index in [1.807, 2.05) is 43.3 Å². The van der Waals surface area contributed by atoms with Gasteiger partial charge in [0.25, 0.3) is 5.91 Å². The number of anilines is 1. The van der Waals surface area contributed by atoms with E-state index in [0.717, 1.165) is 22.0 Å². The first-order valence-electron chi connectivity index (χ1n) is 8.23. The van der Waals surface area contributed by atoms with Crippen LogP contribution in [0.25, 0.3) is 10.8 Å². The average molecular weight is 353 g/mol. The molecule has 0 fully saturated rings. The van der Waals surface area contributed by atoms with Crippen LogP contribution in [-0.2, 0) is 5.41 Å². The number of hydrogen-bond donors (Lipinski definition) is 1. The van der Waals surface area contributed by atoms with E-state index < -0.39 is 0 Å². The molecule has 128 valence electrons. The second-order valence-electron chi connectivity index (χ2n) is 7.24. The molecule has 0 spiro atoms. The lowest BCUT2D eigenvalue weighted by atomic mass is 9.85. The molecule has 2 aromatic carbocycles. The summed E-state index contributed by atoms with van der Waals surface area (Å²) in [4.78, 5) is 16.9. The summed E-state index contributed by atoms with van der Waals surface area (Å²) in [5, 5.41) is 5.13. The van der Waals surface area contributed by atoms with E-state index in [1.165, 1.54) is 5.56 Å². The average Bonchev–Trinajstić information content (AvgIpc) is 2.55. The summed E-state index contributed by atoms with van der Waals surface area (Å²) in [7, 11) is 0. The topological polar surface area (TPSA) is 42.0 Å². The maximum Gasteiger partial charge on any atom is 0.255 e. The van der Waals surface area contributed by atoms with Crippen molar-refractivity contribution in [1.82, 2.24) is 4.98 Å². The first-order chi connectivity index (χ1) is 11.8. The molecular weight excluding hydrogens is 332 g/mol. The molecule has 25 heavy (non-hydrogen) atoms. The van der Waals surface area contributed by atoms with Crippen molar-refractivity contribution in [2.24, 2.45) is 0 Å². The molecule has 0 atom stereocenters. The number of nitrogens with one attached hydrogen (secondary N) is 1. The van der Waals surface area contributed by atoms with Crippen LogP contribution in [0.3, 0.4) is 0 Å². The van der Waals surface area contributed by atoms with E-state index in [9.17, 15) is 4.79 Å². The number of amides is 1. The van der Waals surface area contributed by atoms with Crippen LogP contribution in [-0.4, -0.2) is 10.9 Å². The Kier molecular flexibility index (Phi) is 4.53. The first-order valence-corrected chi connectivity index (χ1v) is 8.61. The third-order valence-corrected chi connectivity index (χ3v) is 4.64. The SMILES string of the molecule is Cc1cc(C(C)(C)C)ccc1C(=O)Nc1cccc2c(Cl)nccc12. The van der Waals surface area contributed by atoms with Crippen molar-refractivity contribution in [2.75, 3.05) is 5.32 Å². The Morgan fingerprint density at radius 1 is 1.08 bits per heavy atom. The highest BCUT2D eigenvalue weighted by Crippen LogP contribution is 2.29. The van der Waals surface area contributed by atoms with Crippen LogP contribution in [0, 0.1) is 6.92 Å². The van der Waals surface area contributed by atoms with E-state index >= 15 is 0 Å². The van der Waals surface area contributed by atoms with Gasteiger partial charge in [-0.3, -0.25) is 4.79 Å². The van der Waals surface area contributed by atoms with Crippen LogP contribution in [0.4, 0.5) is 5.69 Å². The first kappa shape index (κ1) is 17.4. The second-order valence-corrected chi connectivity index (χ2v) is 7.59. The maximum absolute atomic E-state index is 12.8. The smallest absolute Gasteiger partial charge is 0.255 e. The van der Waals surface area contributed by atoms with E-state index in [1.54, 1.807) is 6.20 Å². The third kappa shape index (κ3) is 3.52. The Labute approximate surface area is 153 Å². The number of carbonyl (C=O) groups excluding carboxylic acids is 1. The zero-order valence-corrected chi connectivity index (χ0v) is 15.6. The van der Waals surface area contributed by atoms with Gasteiger partial charge >= 0.3 is 0 Å². The highest BCUT2D eigenvalue weighted by molar-refractivity contribution is 6.34. The van der Waals surface area contributed by atoms with Gasteiger partial charge in [-0.2, -0.15) is 0 Å². The number of aryl methyl sites for hydroxylation is 1. The fraction of sp³-hybridized carbons (Fsp3) is 0.238. The lowest BCUT2D eigenvalue weighted by molar-refractivity contribution is 0.102. The van der Waals surface area contributed by atoms with Gasteiger partial charge in [-0.05, 0) is 41.7 Å². The lowest BCUT2D eigenvalue weighted by Crippen LogP contribution is -2.16. The van der Waals surface area contributed by atoms with Gasteiger partial charge in [0.15, 0.2) is 0 Å². The molecule has 0 unspecified atom stereocenters. The monoisotopic (exact) mass is 352 g/mol. The summed E-state index contributed by atoms with van der Waals surface area (Å²) in [5.74, 6) is -0.126. The van der Waals surface area contributed by atoms with Crippen LogP contribution in [0.2, 0.25) is 5.15 Å². The highest BCUT2D eigenvalue weighted by Gasteiger charge is 2.17. The van der Waals surface area contributed by atoms with E-state index in [-0.39, 0.29) is 11.3 Å². The van der Waals surface area contributed by atoms with Gasteiger partial charge in [0.1, 0.15) is 5.15 Å². The van der Waals surface area contributed by atoms with Crippen LogP contribution < -0.4 is 5.32 Å². The maximum atomic E-state index is 12.8. The van der Waals surface area contributed by atoms with Crippen molar-refractivity contribution < 1.29 is 4.79 Å². The fourth-order valence-corrected chi connectivity index (χ4v) is 3.08. The van der Waals surface area contributed by atoms with Crippen LogP contribution in [0.5, 0.6) is 0 Å². The Morgan fingerprint density at radius 3 is 2.52 bits per heavy atom. The minimum Gasteiger partial charge on any atom is -0.321 e. The predicted octanol–water partition coefficient (Wildman–Crippen LogP) is 5.75. The van der Waals surface area contributed by atoms with Gasteiger partial charge in [-0.1, -0.05) is 56.6 Å². The number of pyridine rings is 1. The molecule has 1 aromatic heterocycles. The third-order valence-electron chi connectivity index (χ3n) is 4.34. The molecule has 3 aromatic rings. The number of rotatable bonds is 2. The fourth-order valence-electron chi connectivity index (χ4n) is 2.86. The molecule has 0 saturated heterocycles. The molecule has 0 radical (unpaired) electrons. The van der Waals surface area contributed by atoms with Crippen LogP contribution >= 0.6 is 11.6 Å². The predicted molar refractivity (Wildman–Crippen MR) is 105 cm³/mol. The molecule has 0 bridgehead atoms. The Morgan fingerprint density at radius 2 is 1.84 bits per heavy atom. The normalized spacial score (nSPS) is 11.6. The molecule has 1 amide bonds. The summed E-state index contributed by atoms with van der Waals surface area (Å²) < 4.78 is 0. The highest BCUT2D eigenvalue weighted by atomic mass is 35.5. The van der Waals surface area contributed by atoms with Crippen molar-refractivity contribution in [2.45, 2.75) is 33.1 Å². The molecule has 0 aliphatic heterocycles. The Balaban J connectivity index is 1.95. The number of fused-ring (bicyclic) bond motifs is 1. The molecule has 0 aliphatic rings. The number of halogens is 1. The number of benzene rings is 2. The van der Waals surface area contributed by atoms with Gasteiger partial charge in [0.05, 0.1) is 0 Å². The second kappa shape index (κ2) is 6.49. The van der Waals surface area contributed by atoms with Crippen molar-refractivity contribution in [1.29, 1.82) is 0 Å². The summed E-state index contributed by atoms with van der Waals surface area (Å²) in [6.07, 6.45) is 1.64. The van der Waals surface area contributed by atoms with Gasteiger partial charge in [-0.25, -0.2) is 4.98 Å². The lowest BCUT2D eigenvalue weighted by Gasteiger charge is -2.20. The van der Waals surface area contributed by atoms with E-state index in [4.69, 9.17) is 11.6 Å². The van der Waals surface area contributed by atoms with E-state index in [2.05, 4.69) is 37.1 Å². The molecule has 0 saturated carbocycles. The van der Waals surface area contributed by atoms with Crippen molar-refractivity contribution in [3.63, 3.8) is 0 Å². The molecule has 4 heteroatoms. The van der Waals surface area contributed by atoms with Crippen molar-refractivity contribution in [3.05, 3.63) is 70.5 Å². The van der Waals surface area contributed by atoms with Crippen LogP contribution in [0.15, 0.2) is 48.7 Å². The van der Waals surface area contributed by atoms with Gasteiger partial charge in [0, 0.05) is 28.2 Å².